The zero-order chi connectivity index (χ0) is 14.9. The van der Waals surface area contributed by atoms with Crippen LogP contribution >= 0.6 is 0 Å². The Labute approximate surface area is 114 Å². The molecule has 0 radical (unpaired) electrons. The van der Waals surface area contributed by atoms with Gasteiger partial charge in [-0.2, -0.15) is 10.4 Å². The predicted molar refractivity (Wildman–Crippen MR) is 71.5 cm³/mol. The third-order valence-electron chi connectivity index (χ3n) is 2.77. The summed E-state index contributed by atoms with van der Waals surface area (Å²) in [6, 6.07) is 6.30. The van der Waals surface area contributed by atoms with E-state index >= 15 is 0 Å². The van der Waals surface area contributed by atoms with E-state index in [2.05, 4.69) is 10.5 Å². The van der Waals surface area contributed by atoms with Crippen molar-refractivity contribution in [2.45, 2.75) is 0 Å². The maximum Gasteiger partial charge on any atom is 0.263 e. The molecule has 20 heavy (non-hydrogen) atoms. The van der Waals surface area contributed by atoms with E-state index in [0.29, 0.717) is 0 Å². The Morgan fingerprint density at radius 2 is 2.15 bits per heavy atom. The Kier molecular flexibility index (Phi) is 3.18. The van der Waals surface area contributed by atoms with Gasteiger partial charge in [0.2, 0.25) is 5.71 Å². The third-order valence-corrected chi connectivity index (χ3v) is 2.77. The van der Waals surface area contributed by atoms with Gasteiger partial charge >= 0.3 is 0 Å². The number of nitriles is 1. The van der Waals surface area contributed by atoms with Crippen LogP contribution in [0.5, 0.6) is 0 Å². The van der Waals surface area contributed by atoms with E-state index in [1.54, 1.807) is 18.2 Å². The number of fused-ring (bicyclic) bond motifs is 1. The number of carbonyl (C=O) groups is 2. The molecule has 1 aliphatic rings. The smallest absolute Gasteiger partial charge is 0.263 e. The number of anilines is 1. The van der Waals surface area contributed by atoms with Crippen molar-refractivity contribution in [1.82, 2.24) is 4.90 Å². The molecule has 1 aliphatic heterocycles. The Hall–Kier alpha value is -3.21. The maximum absolute atomic E-state index is 12.0. The zero-order valence-corrected chi connectivity index (χ0v) is 10.5. The number of amides is 2. The number of benzene rings is 1. The normalized spacial score (nSPS) is 14.0. The van der Waals surface area contributed by atoms with Gasteiger partial charge in [0.15, 0.2) is 5.84 Å². The third kappa shape index (κ3) is 1.97. The highest BCUT2D eigenvalue weighted by atomic mass is 16.2. The number of nitrogens with one attached hydrogen (secondary N) is 2. The van der Waals surface area contributed by atoms with Crippen LogP contribution in [0.4, 0.5) is 5.69 Å². The first-order chi connectivity index (χ1) is 9.47. The minimum atomic E-state index is -0.493. The molecule has 0 atom stereocenters. The standard InChI is InChI=1S/C12H10N6O2/c1-18-11(19)6-3-2-4-7(9(6)12(18)20)16-17-8(5-13)10(14)15/h2-4,16H,1H3,(H3,14,15)/b17-8+. The monoisotopic (exact) mass is 270 g/mol. The van der Waals surface area contributed by atoms with E-state index in [9.17, 15) is 9.59 Å². The summed E-state index contributed by atoms with van der Waals surface area (Å²) in [6.07, 6.45) is 0. The molecule has 4 N–H and O–H groups in total. The summed E-state index contributed by atoms with van der Waals surface area (Å²) in [6.45, 7) is 0. The van der Waals surface area contributed by atoms with Crippen molar-refractivity contribution in [2.75, 3.05) is 12.5 Å². The van der Waals surface area contributed by atoms with Crippen molar-refractivity contribution in [3.05, 3.63) is 29.3 Å². The minimum Gasteiger partial charge on any atom is -0.382 e. The van der Waals surface area contributed by atoms with E-state index in [0.717, 1.165) is 4.90 Å². The second-order valence-corrected chi connectivity index (χ2v) is 4.00. The Morgan fingerprint density at radius 1 is 1.45 bits per heavy atom. The molecule has 100 valence electrons. The number of rotatable bonds is 3. The van der Waals surface area contributed by atoms with Crippen LogP contribution in [-0.4, -0.2) is 35.3 Å². The summed E-state index contributed by atoms with van der Waals surface area (Å²) in [4.78, 5) is 24.8. The van der Waals surface area contributed by atoms with Crippen LogP contribution in [0.1, 0.15) is 20.7 Å². The molecule has 2 amide bonds. The second kappa shape index (κ2) is 4.81. The van der Waals surface area contributed by atoms with Crippen molar-refractivity contribution in [2.24, 2.45) is 10.8 Å². The van der Waals surface area contributed by atoms with Crippen molar-refractivity contribution >= 4 is 29.0 Å². The molecule has 8 heteroatoms. The van der Waals surface area contributed by atoms with E-state index < -0.39 is 17.6 Å². The molecule has 0 fully saturated rings. The van der Waals surface area contributed by atoms with Crippen LogP contribution in [0.25, 0.3) is 0 Å². The van der Waals surface area contributed by atoms with Gasteiger partial charge in [0.1, 0.15) is 6.07 Å². The van der Waals surface area contributed by atoms with E-state index in [-0.39, 0.29) is 22.5 Å². The first kappa shape index (κ1) is 13.2. The number of nitrogens with zero attached hydrogens (tertiary/aromatic N) is 3. The largest absolute Gasteiger partial charge is 0.382 e. The number of amidine groups is 1. The van der Waals surface area contributed by atoms with Crippen molar-refractivity contribution in [3.63, 3.8) is 0 Å². The summed E-state index contributed by atoms with van der Waals surface area (Å²) >= 11 is 0. The van der Waals surface area contributed by atoms with Crippen LogP contribution in [0, 0.1) is 16.7 Å². The van der Waals surface area contributed by atoms with E-state index in [1.165, 1.54) is 13.1 Å². The molecule has 0 bridgehead atoms. The lowest BCUT2D eigenvalue weighted by Gasteiger charge is -2.06. The predicted octanol–water partition coefficient (Wildman–Crippen LogP) is 0.140. The lowest BCUT2D eigenvalue weighted by molar-refractivity contribution is 0.0693. The SMILES string of the molecule is CN1C(=O)c2cccc(N/N=C(\C#N)C(=N)N)c2C1=O. The van der Waals surface area contributed by atoms with Crippen molar-refractivity contribution in [3.8, 4) is 6.07 Å². The van der Waals surface area contributed by atoms with Gasteiger partial charge in [-0.05, 0) is 12.1 Å². The first-order valence-corrected chi connectivity index (χ1v) is 5.51. The minimum absolute atomic E-state index is 0.185. The van der Waals surface area contributed by atoms with Crippen molar-refractivity contribution < 1.29 is 9.59 Å². The number of carbonyl (C=O) groups excluding carboxylic acids is 2. The molecule has 1 aromatic rings. The fourth-order valence-electron chi connectivity index (χ4n) is 1.76. The van der Waals surface area contributed by atoms with Gasteiger partial charge in [-0.25, -0.2) is 0 Å². The quantitative estimate of drug-likeness (QED) is 0.310. The number of hydrazone groups is 1. The van der Waals surface area contributed by atoms with Crippen LogP contribution in [-0.2, 0) is 0 Å². The lowest BCUT2D eigenvalue weighted by Crippen LogP contribution is -2.24. The average Bonchev–Trinajstić information content (AvgIpc) is 2.65. The topological polar surface area (TPSA) is 135 Å². The summed E-state index contributed by atoms with van der Waals surface area (Å²) in [5.74, 6) is -1.35. The molecule has 0 spiro atoms. The van der Waals surface area contributed by atoms with E-state index in [1.807, 2.05) is 0 Å². The average molecular weight is 270 g/mol. The Bertz CT molecular complexity index is 700. The van der Waals surface area contributed by atoms with Gasteiger partial charge in [-0.3, -0.25) is 25.3 Å². The summed E-state index contributed by atoms with van der Waals surface area (Å²) in [7, 11) is 1.38. The van der Waals surface area contributed by atoms with Gasteiger partial charge in [-0.1, -0.05) is 6.07 Å². The van der Waals surface area contributed by atoms with Crippen LogP contribution in [0.15, 0.2) is 23.3 Å². The van der Waals surface area contributed by atoms with Gasteiger partial charge in [-0.15, -0.1) is 0 Å². The Balaban J connectivity index is 2.43. The molecule has 0 aliphatic carbocycles. The van der Waals surface area contributed by atoms with Crippen LogP contribution in [0.2, 0.25) is 0 Å². The highest BCUT2D eigenvalue weighted by Crippen LogP contribution is 2.28. The zero-order valence-electron chi connectivity index (χ0n) is 10.5. The maximum atomic E-state index is 12.0. The molecule has 8 nitrogen and oxygen atoms in total. The van der Waals surface area contributed by atoms with Gasteiger partial charge in [0.05, 0.1) is 16.8 Å². The second-order valence-electron chi connectivity index (χ2n) is 4.00. The summed E-state index contributed by atoms with van der Waals surface area (Å²) in [5.41, 5.74) is 8.06. The highest BCUT2D eigenvalue weighted by Gasteiger charge is 2.34. The fraction of sp³-hybridized carbons (Fsp3) is 0.0833. The molecule has 0 saturated carbocycles. The fourth-order valence-corrected chi connectivity index (χ4v) is 1.76. The highest BCUT2D eigenvalue weighted by molar-refractivity contribution is 6.45. The lowest BCUT2D eigenvalue weighted by atomic mass is 10.1. The molecular formula is C12H10N6O2. The van der Waals surface area contributed by atoms with Gasteiger partial charge in [0.25, 0.3) is 11.8 Å². The number of imide groups is 1. The molecule has 0 saturated heterocycles. The van der Waals surface area contributed by atoms with Crippen molar-refractivity contribution in [1.29, 1.82) is 10.7 Å². The molecule has 2 rings (SSSR count). The summed E-state index contributed by atoms with van der Waals surface area (Å²) in [5, 5.41) is 19.5. The number of nitrogens with two attached hydrogens (primary N) is 1. The molecule has 0 aromatic heterocycles. The number of hydrogen-bond donors (Lipinski definition) is 3. The van der Waals surface area contributed by atoms with Gasteiger partial charge < -0.3 is 5.73 Å². The van der Waals surface area contributed by atoms with E-state index in [4.69, 9.17) is 16.4 Å². The van der Waals surface area contributed by atoms with Gasteiger partial charge in [0, 0.05) is 7.05 Å². The first-order valence-electron chi connectivity index (χ1n) is 5.51. The molecule has 1 heterocycles. The molecular weight excluding hydrogens is 260 g/mol. The van der Waals surface area contributed by atoms with Crippen LogP contribution in [0.3, 0.4) is 0 Å². The summed E-state index contributed by atoms with van der Waals surface area (Å²) < 4.78 is 0. The Morgan fingerprint density at radius 3 is 2.75 bits per heavy atom. The molecule has 1 aromatic carbocycles. The van der Waals surface area contributed by atoms with Crippen LogP contribution < -0.4 is 11.2 Å². The number of hydrogen-bond acceptors (Lipinski definition) is 6. The molecule has 0 unspecified atom stereocenters.